The number of Topliss-reactive ketones (excluding diaryl/α,β-unsaturated/α-hetero) is 1. The third kappa shape index (κ3) is 3.66. The number of hydrogen-bond donors (Lipinski definition) is 0. The molecule has 0 bridgehead atoms. The van der Waals surface area contributed by atoms with Crippen LogP contribution in [-0.4, -0.2) is 30.3 Å². The van der Waals surface area contributed by atoms with Crippen LogP contribution in [0.1, 0.15) is 49.4 Å². The molecule has 3 heteroatoms. The lowest BCUT2D eigenvalue weighted by Gasteiger charge is -2.34. The Hall–Kier alpha value is -1.22. The summed E-state index contributed by atoms with van der Waals surface area (Å²) in [7, 11) is 1.98. The molecule has 1 fully saturated rings. The van der Waals surface area contributed by atoms with Crippen LogP contribution in [0.5, 0.6) is 0 Å². The van der Waals surface area contributed by atoms with Crippen LogP contribution in [0.15, 0.2) is 24.3 Å². The molecule has 0 radical (unpaired) electrons. The van der Waals surface area contributed by atoms with E-state index in [0.717, 1.165) is 18.8 Å². The van der Waals surface area contributed by atoms with Crippen molar-refractivity contribution in [1.29, 1.82) is 0 Å². The zero-order chi connectivity index (χ0) is 14.5. The minimum atomic E-state index is -0.416. The monoisotopic (exact) mass is 277 g/mol. The molecule has 0 aromatic heterocycles. The van der Waals surface area contributed by atoms with Crippen molar-refractivity contribution in [1.82, 2.24) is 4.90 Å². The molecule has 1 aliphatic carbocycles. The van der Waals surface area contributed by atoms with E-state index in [0.29, 0.717) is 12.6 Å². The number of nitrogens with zero attached hydrogens (tertiary/aromatic N) is 1. The molecule has 1 aromatic rings. The van der Waals surface area contributed by atoms with Gasteiger partial charge in [-0.1, -0.05) is 25.5 Å². The second-order valence-corrected chi connectivity index (χ2v) is 5.90. The number of benzene rings is 1. The van der Waals surface area contributed by atoms with Gasteiger partial charge in [-0.25, -0.2) is 4.39 Å². The minimum Gasteiger partial charge on any atom is -0.296 e. The van der Waals surface area contributed by atoms with E-state index >= 15 is 0 Å². The SMILES string of the molecule is CCC1CCC(N(C)CC(=O)c2ccccc2F)CC1. The van der Waals surface area contributed by atoms with Crippen molar-refractivity contribution in [2.24, 2.45) is 5.92 Å². The molecule has 1 aromatic carbocycles. The number of halogens is 1. The Kier molecular flexibility index (Phi) is 5.30. The van der Waals surface area contributed by atoms with Crippen molar-refractivity contribution in [2.75, 3.05) is 13.6 Å². The topological polar surface area (TPSA) is 20.3 Å². The molecule has 0 saturated heterocycles. The molecule has 2 rings (SSSR count). The number of hydrogen-bond acceptors (Lipinski definition) is 2. The highest BCUT2D eigenvalue weighted by molar-refractivity contribution is 5.97. The van der Waals surface area contributed by atoms with Gasteiger partial charge in [-0.15, -0.1) is 0 Å². The summed E-state index contributed by atoms with van der Waals surface area (Å²) >= 11 is 0. The highest BCUT2D eigenvalue weighted by atomic mass is 19.1. The average Bonchev–Trinajstić information content (AvgIpc) is 2.47. The van der Waals surface area contributed by atoms with E-state index < -0.39 is 5.82 Å². The first kappa shape index (κ1) is 15.2. The number of rotatable bonds is 5. The lowest BCUT2D eigenvalue weighted by Crippen LogP contribution is -2.38. The zero-order valence-electron chi connectivity index (χ0n) is 12.4. The smallest absolute Gasteiger partial charge is 0.179 e. The predicted octanol–water partition coefficient (Wildman–Crippen LogP) is 3.91. The largest absolute Gasteiger partial charge is 0.296 e. The first-order valence-electron chi connectivity index (χ1n) is 7.59. The van der Waals surface area contributed by atoms with Crippen molar-refractivity contribution in [3.05, 3.63) is 35.6 Å². The van der Waals surface area contributed by atoms with Gasteiger partial charge in [-0.2, -0.15) is 0 Å². The Morgan fingerprint density at radius 2 is 1.90 bits per heavy atom. The van der Waals surface area contributed by atoms with Crippen LogP contribution >= 0.6 is 0 Å². The lowest BCUT2D eigenvalue weighted by atomic mass is 9.84. The second-order valence-electron chi connectivity index (χ2n) is 5.90. The molecule has 2 nitrogen and oxygen atoms in total. The molecule has 0 N–H and O–H groups in total. The highest BCUT2D eigenvalue weighted by Gasteiger charge is 2.24. The van der Waals surface area contributed by atoms with Gasteiger partial charge >= 0.3 is 0 Å². The fraction of sp³-hybridized carbons (Fsp3) is 0.588. The molecule has 0 unspecified atom stereocenters. The van der Waals surface area contributed by atoms with Crippen LogP contribution in [0.4, 0.5) is 4.39 Å². The Labute approximate surface area is 121 Å². The van der Waals surface area contributed by atoms with Gasteiger partial charge in [0.15, 0.2) is 5.78 Å². The van der Waals surface area contributed by atoms with E-state index in [9.17, 15) is 9.18 Å². The number of ketones is 1. The van der Waals surface area contributed by atoms with Gasteiger partial charge in [0.1, 0.15) is 5.82 Å². The second kappa shape index (κ2) is 6.98. The van der Waals surface area contributed by atoms with Gasteiger partial charge in [0.05, 0.1) is 12.1 Å². The molecule has 0 spiro atoms. The van der Waals surface area contributed by atoms with E-state index in [1.807, 2.05) is 7.05 Å². The van der Waals surface area contributed by atoms with Gasteiger partial charge in [-0.3, -0.25) is 9.69 Å². The van der Waals surface area contributed by atoms with Crippen molar-refractivity contribution in [2.45, 2.75) is 45.1 Å². The first-order chi connectivity index (χ1) is 9.61. The molecule has 0 amide bonds. The Balaban J connectivity index is 1.90. The summed E-state index contributed by atoms with van der Waals surface area (Å²) in [6.45, 7) is 2.55. The third-order valence-electron chi connectivity index (χ3n) is 4.58. The maximum atomic E-state index is 13.6. The molecule has 0 aliphatic heterocycles. The number of carbonyl (C=O) groups is 1. The molecular formula is C17H24FNO. The highest BCUT2D eigenvalue weighted by Crippen LogP contribution is 2.29. The van der Waals surface area contributed by atoms with Crippen LogP contribution in [-0.2, 0) is 0 Å². The molecule has 1 aliphatic rings. The summed E-state index contributed by atoms with van der Waals surface area (Å²) in [5.41, 5.74) is 0.210. The van der Waals surface area contributed by atoms with Crippen LogP contribution in [0.3, 0.4) is 0 Å². The predicted molar refractivity (Wildman–Crippen MR) is 79.4 cm³/mol. The fourth-order valence-corrected chi connectivity index (χ4v) is 3.12. The van der Waals surface area contributed by atoms with E-state index in [1.165, 1.54) is 25.3 Å². The quantitative estimate of drug-likeness (QED) is 0.761. The van der Waals surface area contributed by atoms with Gasteiger partial charge in [0.2, 0.25) is 0 Å². The summed E-state index contributed by atoms with van der Waals surface area (Å²) in [4.78, 5) is 14.3. The van der Waals surface area contributed by atoms with E-state index in [2.05, 4.69) is 11.8 Å². The maximum absolute atomic E-state index is 13.6. The van der Waals surface area contributed by atoms with E-state index in [4.69, 9.17) is 0 Å². The van der Waals surface area contributed by atoms with E-state index in [-0.39, 0.29) is 11.3 Å². The number of carbonyl (C=O) groups excluding carboxylic acids is 1. The van der Waals surface area contributed by atoms with E-state index in [1.54, 1.807) is 18.2 Å². The van der Waals surface area contributed by atoms with Crippen LogP contribution < -0.4 is 0 Å². The van der Waals surface area contributed by atoms with Crippen molar-refractivity contribution < 1.29 is 9.18 Å². The summed E-state index contributed by atoms with van der Waals surface area (Å²) in [6, 6.07) is 6.71. The Bertz CT molecular complexity index is 452. The Morgan fingerprint density at radius 3 is 2.50 bits per heavy atom. The molecule has 0 heterocycles. The van der Waals surface area contributed by atoms with Gasteiger partial charge in [0, 0.05) is 6.04 Å². The van der Waals surface area contributed by atoms with Crippen LogP contribution in [0.2, 0.25) is 0 Å². The van der Waals surface area contributed by atoms with Crippen molar-refractivity contribution in [3.63, 3.8) is 0 Å². The number of likely N-dealkylation sites (N-methyl/N-ethyl adjacent to an activating group) is 1. The molecule has 20 heavy (non-hydrogen) atoms. The zero-order valence-corrected chi connectivity index (χ0v) is 12.4. The van der Waals surface area contributed by atoms with Gasteiger partial charge < -0.3 is 0 Å². The maximum Gasteiger partial charge on any atom is 0.179 e. The molecular weight excluding hydrogens is 253 g/mol. The van der Waals surface area contributed by atoms with Crippen LogP contribution in [0.25, 0.3) is 0 Å². The first-order valence-corrected chi connectivity index (χ1v) is 7.59. The molecule has 110 valence electrons. The van der Waals surface area contributed by atoms with Gasteiger partial charge in [-0.05, 0) is 50.8 Å². The fourth-order valence-electron chi connectivity index (χ4n) is 3.12. The summed E-state index contributed by atoms with van der Waals surface area (Å²) in [5.74, 6) is 0.311. The minimum absolute atomic E-state index is 0.122. The lowest BCUT2D eigenvalue weighted by molar-refractivity contribution is 0.0881. The van der Waals surface area contributed by atoms with Crippen molar-refractivity contribution >= 4 is 5.78 Å². The summed E-state index contributed by atoms with van der Waals surface area (Å²) in [6.07, 6.45) is 6.06. The van der Waals surface area contributed by atoms with Gasteiger partial charge in [0.25, 0.3) is 0 Å². The standard InChI is InChI=1S/C17H24FNO/c1-3-13-8-10-14(11-9-13)19(2)12-17(20)15-6-4-5-7-16(15)18/h4-7,13-14H,3,8-12H2,1-2H3. The normalized spacial score (nSPS) is 23.0. The third-order valence-corrected chi connectivity index (χ3v) is 4.58. The Morgan fingerprint density at radius 1 is 1.25 bits per heavy atom. The molecule has 0 atom stereocenters. The summed E-state index contributed by atoms with van der Waals surface area (Å²) in [5, 5.41) is 0. The molecule has 1 saturated carbocycles. The van der Waals surface area contributed by atoms with Crippen LogP contribution in [0, 0.1) is 11.7 Å². The average molecular weight is 277 g/mol. The summed E-state index contributed by atoms with van der Waals surface area (Å²) < 4.78 is 13.6. The van der Waals surface area contributed by atoms with Crippen molar-refractivity contribution in [3.8, 4) is 0 Å².